The van der Waals surface area contributed by atoms with E-state index in [2.05, 4.69) is 246 Å². The number of rotatable bonds is 9. The normalized spacial score (nSPS) is 12.5. The van der Waals surface area contributed by atoms with Gasteiger partial charge in [0.15, 0.2) is 0 Å². The molecule has 0 saturated heterocycles. The van der Waals surface area contributed by atoms with Crippen molar-refractivity contribution in [2.45, 2.75) is 163 Å². The van der Waals surface area contributed by atoms with Crippen LogP contribution in [0.4, 0.5) is 0 Å². The van der Waals surface area contributed by atoms with Gasteiger partial charge in [0.25, 0.3) is 0 Å². The lowest BCUT2D eigenvalue weighted by molar-refractivity contribution is 0.407. The summed E-state index contributed by atoms with van der Waals surface area (Å²) in [5.41, 5.74) is 13.1. The Morgan fingerprint density at radius 3 is 0.541 bits per heavy atom. The molecule has 0 aliphatic rings. The SMILES string of the molecule is CC(C)(C)Cc1ccc(-c2ccc(CC(C)(C)C)cc2)cc1.CC(C)(C)Cc1ccc(CC(C)(C)C)cc1.CC(C)(C)Cc1ccc(Oc2ccc(CC(C)(C)C)cc2)cc1. The van der Waals surface area contributed by atoms with Crippen molar-refractivity contribution in [3.05, 3.63) is 155 Å². The highest BCUT2D eigenvalue weighted by atomic mass is 16.5. The summed E-state index contributed by atoms with van der Waals surface area (Å²) in [5.74, 6) is 1.79. The standard InChI is InChI=1S/C22H30O.C22H30.C16H26/c1-21(2,3)15-17-7-11-19(12-8-17)23-20-13-9-18(10-14-20)16-22(4,5)6;1-21(2,3)15-17-7-11-19(12-8-17)20-13-9-18(10-14-20)16-22(4,5)6;1-15(2,3)11-13-7-9-14(10-8-13)12-16(4,5)6/h7-14H,15-16H2,1-6H3;7-14H,15-16H2,1-6H3;7-10H,11-12H2,1-6H3. The second-order valence-corrected chi connectivity index (χ2v) is 25.0. The molecule has 0 aliphatic heterocycles. The summed E-state index contributed by atoms with van der Waals surface area (Å²) in [5, 5.41) is 0. The van der Waals surface area contributed by atoms with Crippen LogP contribution in [0.5, 0.6) is 11.5 Å². The molecule has 5 aromatic carbocycles. The van der Waals surface area contributed by atoms with Crippen molar-refractivity contribution in [1.82, 2.24) is 0 Å². The van der Waals surface area contributed by atoms with Crippen molar-refractivity contribution in [3.8, 4) is 22.6 Å². The molecular weight excluding hydrogens is 737 g/mol. The van der Waals surface area contributed by atoms with Crippen LogP contribution in [0.15, 0.2) is 121 Å². The van der Waals surface area contributed by atoms with E-state index in [1.54, 1.807) is 0 Å². The van der Waals surface area contributed by atoms with Gasteiger partial charge in [0.1, 0.15) is 11.5 Å². The first-order valence-electron chi connectivity index (χ1n) is 23.0. The van der Waals surface area contributed by atoms with Gasteiger partial charge in [-0.15, -0.1) is 0 Å². The molecule has 0 unspecified atom stereocenters. The molecule has 61 heavy (non-hydrogen) atoms. The molecule has 0 bridgehead atoms. The topological polar surface area (TPSA) is 9.23 Å². The minimum Gasteiger partial charge on any atom is -0.457 e. The Bertz CT molecular complexity index is 1830. The fourth-order valence-corrected chi connectivity index (χ4v) is 7.57. The van der Waals surface area contributed by atoms with E-state index in [1.165, 1.54) is 44.5 Å². The molecule has 1 heteroatoms. The highest BCUT2D eigenvalue weighted by Gasteiger charge is 2.16. The molecule has 0 aromatic heterocycles. The van der Waals surface area contributed by atoms with Crippen molar-refractivity contribution >= 4 is 0 Å². The third-order valence-corrected chi connectivity index (χ3v) is 9.75. The van der Waals surface area contributed by atoms with E-state index in [4.69, 9.17) is 4.74 Å². The molecule has 0 radical (unpaired) electrons. The first kappa shape index (κ1) is 51.3. The molecule has 0 aliphatic carbocycles. The van der Waals surface area contributed by atoms with Gasteiger partial charge in [0.2, 0.25) is 0 Å². The highest BCUT2D eigenvalue weighted by molar-refractivity contribution is 5.64. The van der Waals surface area contributed by atoms with E-state index in [0.29, 0.717) is 32.5 Å². The zero-order chi connectivity index (χ0) is 45.9. The quantitative estimate of drug-likeness (QED) is 0.144. The Kier molecular flexibility index (Phi) is 17.9. The molecule has 0 atom stereocenters. The lowest BCUT2D eigenvalue weighted by Gasteiger charge is -2.20. The van der Waals surface area contributed by atoms with Crippen LogP contribution in [0.2, 0.25) is 0 Å². The van der Waals surface area contributed by atoms with Crippen molar-refractivity contribution in [1.29, 1.82) is 0 Å². The van der Waals surface area contributed by atoms with Gasteiger partial charge in [0.05, 0.1) is 0 Å². The molecule has 5 rings (SSSR count). The minimum absolute atomic E-state index is 0.311. The van der Waals surface area contributed by atoms with Crippen LogP contribution in [0, 0.1) is 32.5 Å². The zero-order valence-electron chi connectivity index (χ0n) is 42.2. The first-order chi connectivity index (χ1) is 27.9. The van der Waals surface area contributed by atoms with Crippen LogP contribution in [-0.2, 0) is 38.5 Å². The molecule has 0 amide bonds. The summed E-state index contributed by atoms with van der Waals surface area (Å²) in [6.07, 6.45) is 6.71. The van der Waals surface area contributed by atoms with Gasteiger partial charge in [-0.25, -0.2) is 0 Å². The molecule has 5 aromatic rings. The van der Waals surface area contributed by atoms with E-state index in [9.17, 15) is 0 Å². The van der Waals surface area contributed by atoms with Crippen molar-refractivity contribution in [2.75, 3.05) is 0 Å². The summed E-state index contributed by atoms with van der Waals surface area (Å²) in [6, 6.07) is 44.1. The van der Waals surface area contributed by atoms with Crippen molar-refractivity contribution in [2.24, 2.45) is 32.5 Å². The van der Waals surface area contributed by atoms with E-state index in [0.717, 1.165) is 50.0 Å². The van der Waals surface area contributed by atoms with Gasteiger partial charge in [0, 0.05) is 0 Å². The monoisotopic (exact) mass is 823 g/mol. The Labute approximate surface area is 376 Å². The number of hydrogen-bond acceptors (Lipinski definition) is 1. The van der Waals surface area contributed by atoms with Gasteiger partial charge in [-0.05, 0) is 140 Å². The van der Waals surface area contributed by atoms with Gasteiger partial charge in [-0.1, -0.05) is 222 Å². The van der Waals surface area contributed by atoms with E-state index >= 15 is 0 Å². The number of hydrogen-bond donors (Lipinski definition) is 0. The number of benzene rings is 5. The summed E-state index contributed by atoms with van der Waals surface area (Å²) in [7, 11) is 0. The first-order valence-corrected chi connectivity index (χ1v) is 23.0. The fourth-order valence-electron chi connectivity index (χ4n) is 7.57. The van der Waals surface area contributed by atoms with Crippen LogP contribution in [0.3, 0.4) is 0 Å². The van der Waals surface area contributed by atoms with Gasteiger partial charge in [-0.2, -0.15) is 0 Å². The molecule has 332 valence electrons. The Hall–Kier alpha value is -4.10. The minimum atomic E-state index is 0.311. The smallest absolute Gasteiger partial charge is 0.127 e. The largest absolute Gasteiger partial charge is 0.457 e. The second-order valence-electron chi connectivity index (χ2n) is 25.0. The molecular formula is C60H86O. The lowest BCUT2D eigenvalue weighted by Crippen LogP contribution is -2.10. The van der Waals surface area contributed by atoms with Crippen molar-refractivity contribution < 1.29 is 4.74 Å². The average Bonchev–Trinajstić information content (AvgIpc) is 3.08. The predicted octanol–water partition coefficient (Wildman–Crippen LogP) is 18.1. The molecule has 1 nitrogen and oxygen atoms in total. The lowest BCUT2D eigenvalue weighted by atomic mass is 9.85. The number of ether oxygens (including phenoxy) is 1. The Morgan fingerprint density at radius 2 is 0.377 bits per heavy atom. The average molecular weight is 823 g/mol. The fraction of sp³-hybridized carbons (Fsp3) is 0.500. The molecule has 0 saturated carbocycles. The van der Waals surface area contributed by atoms with E-state index in [1.807, 2.05) is 0 Å². The van der Waals surface area contributed by atoms with Crippen molar-refractivity contribution in [3.63, 3.8) is 0 Å². The van der Waals surface area contributed by atoms with Crippen LogP contribution >= 0.6 is 0 Å². The molecule has 0 heterocycles. The maximum absolute atomic E-state index is 5.95. The second kappa shape index (κ2) is 21.3. The van der Waals surface area contributed by atoms with Gasteiger partial charge in [-0.3, -0.25) is 0 Å². The highest BCUT2D eigenvalue weighted by Crippen LogP contribution is 2.29. The molecule has 0 spiro atoms. The van der Waals surface area contributed by atoms with Crippen LogP contribution in [0.25, 0.3) is 11.1 Å². The van der Waals surface area contributed by atoms with E-state index < -0.39 is 0 Å². The summed E-state index contributed by atoms with van der Waals surface area (Å²) >= 11 is 0. The summed E-state index contributed by atoms with van der Waals surface area (Å²) < 4.78 is 5.95. The zero-order valence-corrected chi connectivity index (χ0v) is 42.2. The molecule has 0 N–H and O–H groups in total. The summed E-state index contributed by atoms with van der Waals surface area (Å²) in [4.78, 5) is 0. The Balaban J connectivity index is 0.000000248. The maximum Gasteiger partial charge on any atom is 0.127 e. The Morgan fingerprint density at radius 1 is 0.230 bits per heavy atom. The van der Waals surface area contributed by atoms with Crippen LogP contribution in [0.1, 0.15) is 158 Å². The third kappa shape index (κ3) is 23.1. The van der Waals surface area contributed by atoms with Crippen LogP contribution in [-0.4, -0.2) is 0 Å². The maximum atomic E-state index is 5.95. The van der Waals surface area contributed by atoms with Crippen LogP contribution < -0.4 is 4.74 Å². The van der Waals surface area contributed by atoms with Gasteiger partial charge >= 0.3 is 0 Å². The summed E-state index contributed by atoms with van der Waals surface area (Å²) in [6.45, 7) is 41.0. The van der Waals surface area contributed by atoms with Gasteiger partial charge < -0.3 is 4.74 Å². The third-order valence-electron chi connectivity index (χ3n) is 9.75. The predicted molar refractivity (Wildman–Crippen MR) is 270 cm³/mol. The molecule has 0 fully saturated rings. The van der Waals surface area contributed by atoms with E-state index in [-0.39, 0.29) is 0 Å².